The molecule has 0 saturated carbocycles. The van der Waals surface area contributed by atoms with Crippen LogP contribution in [0.15, 0.2) is 88.9 Å². The van der Waals surface area contributed by atoms with Crippen LogP contribution in [-0.4, -0.2) is 31.7 Å². The Morgan fingerprint density at radius 2 is 1.71 bits per heavy atom. The summed E-state index contributed by atoms with van der Waals surface area (Å²) in [4.78, 5) is 12.7. The molecule has 1 heterocycles. The molecule has 0 unspecified atom stereocenters. The molecule has 1 N–H and O–H groups in total. The van der Waals surface area contributed by atoms with Gasteiger partial charge in [0.25, 0.3) is 15.9 Å². The zero-order chi connectivity index (χ0) is 27.4. The van der Waals surface area contributed by atoms with Gasteiger partial charge in [0.1, 0.15) is 12.4 Å². The second kappa shape index (κ2) is 11.4. The number of carbonyl (C=O) groups excluding carboxylic acids is 1. The molecule has 0 radical (unpaired) electrons. The van der Waals surface area contributed by atoms with Crippen LogP contribution in [0.4, 0.5) is 10.1 Å². The summed E-state index contributed by atoms with van der Waals surface area (Å²) in [5, 5.41) is 5.00. The van der Waals surface area contributed by atoms with Crippen LogP contribution in [0, 0.1) is 19.7 Å². The van der Waals surface area contributed by atoms with Crippen LogP contribution in [0.1, 0.15) is 17.0 Å². The Morgan fingerprint density at radius 1 is 1.03 bits per heavy atom. The van der Waals surface area contributed by atoms with E-state index in [0.29, 0.717) is 15.6 Å². The van der Waals surface area contributed by atoms with E-state index in [0.717, 1.165) is 27.4 Å². The topological polar surface area (TPSA) is 83.8 Å². The van der Waals surface area contributed by atoms with Crippen LogP contribution in [0.5, 0.6) is 0 Å². The Morgan fingerprint density at radius 3 is 2.39 bits per heavy atom. The minimum absolute atomic E-state index is 0.0761. The molecule has 4 rings (SSSR count). The number of aryl methyl sites for hydroxylation is 1. The molecule has 0 aliphatic heterocycles. The van der Waals surface area contributed by atoms with Crippen molar-refractivity contribution in [3.63, 3.8) is 0 Å². The first-order valence-electron chi connectivity index (χ1n) is 11.4. The molecule has 11 heteroatoms. The Balaban J connectivity index is 1.56. The van der Waals surface area contributed by atoms with Gasteiger partial charge in [-0.1, -0.05) is 53.5 Å². The van der Waals surface area contributed by atoms with Crippen LogP contribution in [0.3, 0.4) is 0 Å². The number of hydrogen-bond acceptors (Lipinski definition) is 4. The highest BCUT2D eigenvalue weighted by molar-refractivity contribution is 7.92. The number of benzene rings is 3. The number of aromatic nitrogens is 1. The number of sulfonamides is 1. The van der Waals surface area contributed by atoms with E-state index in [2.05, 4.69) is 10.5 Å². The molecule has 1 aromatic heterocycles. The zero-order valence-corrected chi connectivity index (χ0v) is 22.7. The van der Waals surface area contributed by atoms with Gasteiger partial charge in [-0.15, -0.1) is 0 Å². The molecule has 0 aliphatic rings. The first-order valence-corrected chi connectivity index (χ1v) is 13.6. The Labute approximate surface area is 230 Å². The fourth-order valence-corrected chi connectivity index (χ4v) is 5.91. The third kappa shape index (κ3) is 5.75. The van der Waals surface area contributed by atoms with Crippen LogP contribution in [-0.2, 0) is 14.8 Å². The number of amides is 1. The maximum absolute atomic E-state index is 14.6. The van der Waals surface area contributed by atoms with E-state index >= 15 is 0 Å². The van der Waals surface area contributed by atoms with Gasteiger partial charge in [0, 0.05) is 22.0 Å². The molecule has 38 heavy (non-hydrogen) atoms. The van der Waals surface area contributed by atoms with Gasteiger partial charge in [-0.3, -0.25) is 9.10 Å². The fourth-order valence-electron chi connectivity index (χ4n) is 3.96. The van der Waals surface area contributed by atoms with Gasteiger partial charge in [-0.2, -0.15) is 5.10 Å². The standard InChI is InChI=1S/C27H23Cl2FN4O3S/c1-18-14-20(19(2)34(18)25-13-12-21(28)15-23(25)29)16-31-32-27(35)17-33(26-11-7-6-10-24(26)30)38(36,37)22-8-4-3-5-9-22/h3-16H,17H2,1-2H3,(H,32,35)/b31-16-. The van der Waals surface area contributed by atoms with E-state index in [1.165, 1.54) is 36.5 Å². The maximum atomic E-state index is 14.6. The third-order valence-electron chi connectivity index (χ3n) is 5.75. The van der Waals surface area contributed by atoms with Gasteiger partial charge in [-0.05, 0) is 62.4 Å². The van der Waals surface area contributed by atoms with Crippen molar-refractivity contribution >= 4 is 51.0 Å². The lowest BCUT2D eigenvalue weighted by molar-refractivity contribution is -0.119. The molecule has 0 fully saturated rings. The van der Waals surface area contributed by atoms with Crippen molar-refractivity contribution < 1.29 is 17.6 Å². The minimum atomic E-state index is -4.24. The van der Waals surface area contributed by atoms with Crippen molar-refractivity contribution in [2.75, 3.05) is 10.8 Å². The first kappa shape index (κ1) is 27.4. The van der Waals surface area contributed by atoms with E-state index in [9.17, 15) is 17.6 Å². The number of nitrogens with zero attached hydrogens (tertiary/aromatic N) is 3. The molecule has 0 atom stereocenters. The number of carbonyl (C=O) groups is 1. The number of nitrogens with one attached hydrogen (secondary N) is 1. The zero-order valence-electron chi connectivity index (χ0n) is 20.4. The second-order valence-electron chi connectivity index (χ2n) is 8.33. The molecule has 7 nitrogen and oxygen atoms in total. The summed E-state index contributed by atoms with van der Waals surface area (Å²) in [5.74, 6) is -1.53. The number of hydrazone groups is 1. The monoisotopic (exact) mass is 572 g/mol. The quantitative estimate of drug-likeness (QED) is 0.211. The van der Waals surface area contributed by atoms with Gasteiger partial charge in [0.15, 0.2) is 0 Å². The lowest BCUT2D eigenvalue weighted by Crippen LogP contribution is -2.40. The molecule has 0 saturated heterocycles. The lowest BCUT2D eigenvalue weighted by Gasteiger charge is -2.24. The third-order valence-corrected chi connectivity index (χ3v) is 8.07. The normalized spacial score (nSPS) is 11.6. The van der Waals surface area contributed by atoms with Crippen LogP contribution in [0.25, 0.3) is 5.69 Å². The lowest BCUT2D eigenvalue weighted by atomic mass is 10.2. The smallest absolute Gasteiger partial charge is 0.264 e. The number of para-hydroxylation sites is 1. The number of rotatable bonds is 8. The number of anilines is 1. The van der Waals surface area contributed by atoms with Gasteiger partial charge in [0.05, 0.1) is 27.5 Å². The van der Waals surface area contributed by atoms with Crippen molar-refractivity contribution in [1.82, 2.24) is 9.99 Å². The minimum Gasteiger partial charge on any atom is -0.316 e. The summed E-state index contributed by atoms with van der Waals surface area (Å²) in [6.07, 6.45) is 1.44. The average Bonchev–Trinajstić information content (AvgIpc) is 3.16. The molecular formula is C27H23Cl2FN4O3S. The van der Waals surface area contributed by atoms with Crippen molar-refractivity contribution in [2.24, 2.45) is 5.10 Å². The molecule has 1 amide bonds. The Kier molecular flexibility index (Phi) is 8.20. The summed E-state index contributed by atoms with van der Waals surface area (Å²) in [7, 11) is -4.24. The molecule has 0 aliphatic carbocycles. The summed E-state index contributed by atoms with van der Waals surface area (Å²) in [6.45, 7) is 3.08. The Hall–Kier alpha value is -3.66. The van der Waals surface area contributed by atoms with Gasteiger partial charge in [-0.25, -0.2) is 18.2 Å². The van der Waals surface area contributed by atoms with E-state index in [1.54, 1.807) is 36.4 Å². The summed E-state index contributed by atoms with van der Waals surface area (Å²) in [6, 6.07) is 19.9. The van der Waals surface area contributed by atoms with Crippen molar-refractivity contribution in [3.05, 3.63) is 112 Å². The highest BCUT2D eigenvalue weighted by Gasteiger charge is 2.29. The second-order valence-corrected chi connectivity index (χ2v) is 11.0. The summed E-state index contributed by atoms with van der Waals surface area (Å²) >= 11 is 12.4. The number of halogens is 3. The van der Waals surface area contributed by atoms with Crippen molar-refractivity contribution in [1.29, 1.82) is 0 Å². The van der Waals surface area contributed by atoms with Gasteiger partial charge >= 0.3 is 0 Å². The summed E-state index contributed by atoms with van der Waals surface area (Å²) in [5.41, 5.74) is 5.21. The summed E-state index contributed by atoms with van der Waals surface area (Å²) < 4.78 is 43.8. The predicted molar refractivity (Wildman–Crippen MR) is 148 cm³/mol. The molecule has 0 bridgehead atoms. The molecule has 4 aromatic rings. The number of hydrogen-bond donors (Lipinski definition) is 1. The highest BCUT2D eigenvalue weighted by atomic mass is 35.5. The van der Waals surface area contributed by atoms with Crippen molar-refractivity contribution in [3.8, 4) is 5.69 Å². The fraction of sp³-hybridized carbons (Fsp3) is 0.111. The highest BCUT2D eigenvalue weighted by Crippen LogP contribution is 2.29. The first-order chi connectivity index (χ1) is 18.1. The predicted octanol–water partition coefficient (Wildman–Crippen LogP) is 5.89. The van der Waals surface area contributed by atoms with Gasteiger partial charge < -0.3 is 4.57 Å². The van der Waals surface area contributed by atoms with E-state index in [4.69, 9.17) is 23.2 Å². The maximum Gasteiger partial charge on any atom is 0.264 e. The SMILES string of the molecule is Cc1cc(/C=N\NC(=O)CN(c2ccccc2F)S(=O)(=O)c2ccccc2)c(C)n1-c1ccc(Cl)cc1Cl. The van der Waals surface area contributed by atoms with Crippen LogP contribution in [0.2, 0.25) is 10.0 Å². The molecule has 3 aromatic carbocycles. The Bertz CT molecular complexity index is 1620. The molecular weight excluding hydrogens is 550 g/mol. The van der Waals surface area contributed by atoms with E-state index < -0.39 is 28.3 Å². The van der Waals surface area contributed by atoms with Gasteiger partial charge in [0.2, 0.25) is 0 Å². The van der Waals surface area contributed by atoms with E-state index in [1.807, 2.05) is 24.5 Å². The van der Waals surface area contributed by atoms with Crippen molar-refractivity contribution in [2.45, 2.75) is 18.7 Å². The van der Waals surface area contributed by atoms with E-state index in [-0.39, 0.29) is 10.6 Å². The molecule has 196 valence electrons. The largest absolute Gasteiger partial charge is 0.316 e. The molecule has 0 spiro atoms. The van der Waals surface area contributed by atoms with Crippen LogP contribution < -0.4 is 9.73 Å². The van der Waals surface area contributed by atoms with Crippen LogP contribution >= 0.6 is 23.2 Å². The average molecular weight is 573 g/mol.